The highest BCUT2D eigenvalue weighted by Gasteiger charge is 2.30. The van der Waals surface area contributed by atoms with Crippen LogP contribution in [0.2, 0.25) is 0 Å². The number of nitrogens with two attached hydrogens (primary N) is 1. The van der Waals surface area contributed by atoms with E-state index in [4.69, 9.17) is 5.73 Å². The molecule has 0 amide bonds. The minimum atomic E-state index is -3.98. The van der Waals surface area contributed by atoms with E-state index in [9.17, 15) is 17.2 Å². The van der Waals surface area contributed by atoms with Gasteiger partial charge in [0.25, 0.3) is 5.92 Å². The molecule has 0 aliphatic carbocycles. The molecule has 22 heavy (non-hydrogen) atoms. The van der Waals surface area contributed by atoms with Gasteiger partial charge in [-0.2, -0.15) is 0 Å². The largest absolute Gasteiger partial charge is 0.325 e. The molecule has 3 N–H and O–H groups in total. The van der Waals surface area contributed by atoms with Crippen molar-refractivity contribution >= 4 is 45.1 Å². The molecule has 11 heteroatoms. The van der Waals surface area contributed by atoms with Crippen molar-refractivity contribution in [2.45, 2.75) is 17.1 Å². The first-order valence-corrected chi connectivity index (χ1v) is 9.01. The highest BCUT2D eigenvalue weighted by molar-refractivity contribution is 7.91. The number of aryl methyl sites for hydroxylation is 1. The Morgan fingerprint density at radius 1 is 1.41 bits per heavy atom. The van der Waals surface area contributed by atoms with Crippen molar-refractivity contribution in [1.82, 2.24) is 9.71 Å². The van der Waals surface area contributed by atoms with Crippen molar-refractivity contribution in [2.24, 2.45) is 5.73 Å². The normalized spacial score (nSPS) is 12.2. The van der Waals surface area contributed by atoms with Gasteiger partial charge in [0.1, 0.15) is 4.21 Å². The van der Waals surface area contributed by atoms with Gasteiger partial charge in [0.15, 0.2) is 0 Å². The van der Waals surface area contributed by atoms with E-state index in [1.807, 2.05) is 17.0 Å². The fourth-order valence-electron chi connectivity index (χ4n) is 1.42. The van der Waals surface area contributed by atoms with Gasteiger partial charge in [-0.3, -0.25) is 0 Å². The molecule has 0 aliphatic heterocycles. The van der Waals surface area contributed by atoms with Gasteiger partial charge in [-0.15, -0.1) is 35.1 Å². The Labute approximate surface area is 141 Å². The summed E-state index contributed by atoms with van der Waals surface area (Å²) in [6.07, 6.45) is 0. The zero-order chi connectivity index (χ0) is 15.7. The summed E-state index contributed by atoms with van der Waals surface area (Å²) in [6, 6.07) is 2.98. The number of sulfonamides is 1. The molecule has 0 saturated heterocycles. The van der Waals surface area contributed by atoms with E-state index in [-0.39, 0.29) is 16.6 Å². The van der Waals surface area contributed by atoms with E-state index in [1.54, 1.807) is 6.07 Å². The first-order chi connectivity index (χ1) is 9.73. The van der Waals surface area contributed by atoms with Gasteiger partial charge < -0.3 is 5.73 Å². The van der Waals surface area contributed by atoms with Gasteiger partial charge in [0, 0.05) is 5.38 Å². The molecule has 2 heterocycles. The number of alkyl halides is 2. The van der Waals surface area contributed by atoms with E-state index in [1.165, 1.54) is 17.4 Å². The first-order valence-electron chi connectivity index (χ1n) is 5.83. The van der Waals surface area contributed by atoms with E-state index >= 15 is 0 Å². The quantitative estimate of drug-likeness (QED) is 0.794. The summed E-state index contributed by atoms with van der Waals surface area (Å²) >= 11 is 2.43. The Bertz CT molecular complexity index is 731. The molecular weight excluding hydrogens is 376 g/mol. The summed E-state index contributed by atoms with van der Waals surface area (Å²) < 4.78 is 51.8. The first kappa shape index (κ1) is 19.4. The molecule has 5 nitrogen and oxygen atoms in total. The van der Waals surface area contributed by atoms with Crippen LogP contribution in [0.15, 0.2) is 21.7 Å². The van der Waals surface area contributed by atoms with Crippen LogP contribution in [0.3, 0.4) is 0 Å². The lowest BCUT2D eigenvalue weighted by molar-refractivity contribution is 0.0170. The van der Waals surface area contributed by atoms with Crippen molar-refractivity contribution in [3.8, 4) is 10.6 Å². The molecule has 2 aromatic heterocycles. The summed E-state index contributed by atoms with van der Waals surface area (Å²) in [7, 11) is -3.98. The SMILES string of the molecule is Cc1nc(-c2ccc(S(=O)(=O)NCC(F)(F)CN)s2)cs1.Cl. The third-order valence-electron chi connectivity index (χ3n) is 2.54. The molecule has 0 fully saturated rings. The molecule has 0 atom stereocenters. The maximum absolute atomic E-state index is 13.0. The van der Waals surface area contributed by atoms with Gasteiger partial charge in [-0.25, -0.2) is 26.9 Å². The lowest BCUT2D eigenvalue weighted by Gasteiger charge is -2.13. The van der Waals surface area contributed by atoms with Crippen molar-refractivity contribution in [2.75, 3.05) is 13.1 Å². The third kappa shape index (κ3) is 4.67. The molecule has 2 aromatic rings. The van der Waals surface area contributed by atoms with E-state index < -0.39 is 29.0 Å². The number of nitrogens with one attached hydrogen (secondary N) is 1. The summed E-state index contributed by atoms with van der Waals surface area (Å²) in [5.74, 6) is -3.26. The zero-order valence-electron chi connectivity index (χ0n) is 11.4. The van der Waals surface area contributed by atoms with Crippen molar-refractivity contribution < 1.29 is 17.2 Å². The van der Waals surface area contributed by atoms with E-state index in [0.717, 1.165) is 16.3 Å². The average Bonchev–Trinajstić information content (AvgIpc) is 3.05. The summed E-state index contributed by atoms with van der Waals surface area (Å²) in [6.45, 7) is -0.0892. The summed E-state index contributed by atoms with van der Waals surface area (Å²) in [5.41, 5.74) is 5.54. The minimum Gasteiger partial charge on any atom is -0.325 e. The molecule has 0 bridgehead atoms. The maximum Gasteiger partial charge on any atom is 0.273 e. The van der Waals surface area contributed by atoms with Crippen molar-refractivity contribution in [3.63, 3.8) is 0 Å². The molecule has 0 aromatic carbocycles. The number of hydrogen-bond acceptors (Lipinski definition) is 6. The third-order valence-corrected chi connectivity index (χ3v) is 6.31. The Kier molecular flexibility index (Phi) is 6.42. The number of thiophene rings is 1. The lowest BCUT2D eigenvalue weighted by Crippen LogP contribution is -2.41. The van der Waals surface area contributed by atoms with Crippen LogP contribution in [-0.2, 0) is 10.0 Å². The number of rotatable bonds is 6. The molecule has 124 valence electrons. The zero-order valence-corrected chi connectivity index (χ0v) is 14.6. The molecule has 0 unspecified atom stereocenters. The molecule has 0 radical (unpaired) electrons. The second kappa shape index (κ2) is 7.28. The van der Waals surface area contributed by atoms with Gasteiger partial charge in [0.2, 0.25) is 10.0 Å². The van der Waals surface area contributed by atoms with Crippen LogP contribution in [0.4, 0.5) is 8.78 Å². The number of thiazole rings is 1. The van der Waals surface area contributed by atoms with Crippen LogP contribution in [0.1, 0.15) is 5.01 Å². The molecular formula is C11H14ClF2N3O2S3. The van der Waals surface area contributed by atoms with Crippen molar-refractivity contribution in [1.29, 1.82) is 0 Å². The fraction of sp³-hybridized carbons (Fsp3) is 0.364. The molecule has 2 rings (SSSR count). The van der Waals surface area contributed by atoms with Gasteiger partial charge in [0.05, 0.1) is 28.7 Å². The lowest BCUT2D eigenvalue weighted by atomic mass is 10.3. The monoisotopic (exact) mass is 389 g/mol. The van der Waals surface area contributed by atoms with Crippen LogP contribution in [0.25, 0.3) is 10.6 Å². The van der Waals surface area contributed by atoms with Crippen LogP contribution in [0, 0.1) is 6.92 Å². The Hall–Kier alpha value is -0.650. The van der Waals surface area contributed by atoms with Crippen LogP contribution in [-0.4, -0.2) is 32.4 Å². The topological polar surface area (TPSA) is 85.1 Å². The predicted molar refractivity (Wildman–Crippen MR) is 86.6 cm³/mol. The number of hydrogen-bond donors (Lipinski definition) is 2. The van der Waals surface area contributed by atoms with E-state index in [2.05, 4.69) is 4.98 Å². The van der Waals surface area contributed by atoms with Gasteiger partial charge >= 0.3 is 0 Å². The van der Waals surface area contributed by atoms with Crippen LogP contribution in [0.5, 0.6) is 0 Å². The van der Waals surface area contributed by atoms with Crippen LogP contribution < -0.4 is 10.5 Å². The highest BCUT2D eigenvalue weighted by atomic mass is 35.5. The Morgan fingerprint density at radius 3 is 2.64 bits per heavy atom. The molecule has 0 saturated carbocycles. The summed E-state index contributed by atoms with van der Waals surface area (Å²) in [4.78, 5) is 4.92. The van der Waals surface area contributed by atoms with Crippen molar-refractivity contribution in [3.05, 3.63) is 22.5 Å². The van der Waals surface area contributed by atoms with Gasteiger partial charge in [-0.05, 0) is 19.1 Å². The van der Waals surface area contributed by atoms with Gasteiger partial charge in [-0.1, -0.05) is 0 Å². The minimum absolute atomic E-state index is 0. The highest BCUT2D eigenvalue weighted by Crippen LogP contribution is 2.31. The molecule has 0 spiro atoms. The number of aromatic nitrogens is 1. The second-order valence-corrected chi connectivity index (χ2v) is 8.39. The predicted octanol–water partition coefficient (Wildman–Crippen LogP) is 2.47. The fourth-order valence-corrected chi connectivity index (χ4v) is 4.48. The standard InChI is InChI=1S/C11H13F2N3O2S3.ClH/c1-7-16-8(4-19-7)9-2-3-10(20-9)21(17,18)15-6-11(12,13)5-14;/h2-4,15H,5-6,14H2,1H3;1H. The maximum atomic E-state index is 13.0. The Morgan fingerprint density at radius 2 is 2.09 bits per heavy atom. The second-order valence-electron chi connectivity index (χ2n) is 4.26. The van der Waals surface area contributed by atoms with Crippen LogP contribution >= 0.6 is 35.1 Å². The summed E-state index contributed by atoms with van der Waals surface area (Å²) in [5, 5.41) is 2.68. The smallest absolute Gasteiger partial charge is 0.273 e. The Balaban J connectivity index is 0.00000242. The van der Waals surface area contributed by atoms with E-state index in [0.29, 0.717) is 10.6 Å². The average molecular weight is 390 g/mol. The number of nitrogens with zero attached hydrogens (tertiary/aromatic N) is 1. The molecule has 0 aliphatic rings. The number of halogens is 3.